The number of nitrogen functional groups attached to an aromatic ring is 1. The number of nitrogens with zero attached hydrogens (tertiary/aromatic N) is 2. The molecule has 0 aromatic heterocycles. The summed E-state index contributed by atoms with van der Waals surface area (Å²) in [5.41, 5.74) is 11.0. The van der Waals surface area contributed by atoms with Gasteiger partial charge in [0.2, 0.25) is 0 Å². The maximum Gasteiger partial charge on any atom is 0.254 e. The van der Waals surface area contributed by atoms with Crippen molar-refractivity contribution in [1.82, 2.24) is 9.80 Å². The zero-order chi connectivity index (χ0) is 18.5. The van der Waals surface area contributed by atoms with Gasteiger partial charge in [0.25, 0.3) is 5.91 Å². The predicted octanol–water partition coefficient (Wildman–Crippen LogP) is 3.67. The molecule has 1 fully saturated rings. The van der Waals surface area contributed by atoms with E-state index in [9.17, 15) is 4.79 Å². The molecule has 1 amide bonds. The van der Waals surface area contributed by atoms with Gasteiger partial charge in [-0.15, -0.1) is 0 Å². The molecule has 0 atom stereocenters. The van der Waals surface area contributed by atoms with Crippen LogP contribution in [0.3, 0.4) is 0 Å². The lowest BCUT2D eigenvalue weighted by atomic mass is 9.94. The number of benzene rings is 2. The highest BCUT2D eigenvalue weighted by Gasteiger charge is 2.44. The van der Waals surface area contributed by atoms with E-state index in [1.54, 1.807) is 12.1 Å². The summed E-state index contributed by atoms with van der Waals surface area (Å²) in [5, 5.41) is 0.511. The van der Waals surface area contributed by atoms with Gasteiger partial charge in [0.1, 0.15) is 0 Å². The van der Waals surface area contributed by atoms with E-state index in [-0.39, 0.29) is 5.91 Å². The Morgan fingerprint density at radius 1 is 1.19 bits per heavy atom. The lowest BCUT2D eigenvalue weighted by molar-refractivity contribution is 0.0767. The minimum atomic E-state index is 0.00421. The first-order valence-electron chi connectivity index (χ1n) is 8.99. The van der Waals surface area contributed by atoms with Gasteiger partial charge in [-0.25, -0.2) is 0 Å². The Morgan fingerprint density at radius 2 is 1.88 bits per heavy atom. The molecule has 1 heterocycles. The first kappa shape index (κ1) is 17.4. The fourth-order valence-electron chi connectivity index (χ4n) is 4.06. The molecule has 26 heavy (non-hydrogen) atoms. The quantitative estimate of drug-likeness (QED) is 0.818. The predicted molar refractivity (Wildman–Crippen MR) is 105 cm³/mol. The lowest BCUT2D eigenvalue weighted by Gasteiger charge is -2.21. The number of hydrogen-bond acceptors (Lipinski definition) is 3. The fraction of sp³-hybridized carbons (Fsp3) is 0.381. The first-order valence-corrected chi connectivity index (χ1v) is 9.37. The number of anilines is 1. The molecule has 4 nitrogen and oxygen atoms in total. The summed E-state index contributed by atoms with van der Waals surface area (Å²) in [6.07, 6.45) is 2.51. The monoisotopic (exact) mass is 369 g/mol. The van der Waals surface area contributed by atoms with Crippen LogP contribution in [-0.2, 0) is 18.5 Å². The highest BCUT2D eigenvalue weighted by atomic mass is 35.5. The molecule has 0 spiro atoms. The Kier molecular flexibility index (Phi) is 4.20. The molecule has 1 aliphatic heterocycles. The van der Waals surface area contributed by atoms with Crippen molar-refractivity contribution in [2.45, 2.75) is 31.3 Å². The van der Waals surface area contributed by atoms with E-state index in [0.29, 0.717) is 34.8 Å². The van der Waals surface area contributed by atoms with Gasteiger partial charge in [-0.3, -0.25) is 4.79 Å². The number of hydrogen-bond donors (Lipinski definition) is 1. The molecule has 1 aliphatic carbocycles. The van der Waals surface area contributed by atoms with Crippen LogP contribution in [0, 0.1) is 0 Å². The maximum absolute atomic E-state index is 12.7. The van der Waals surface area contributed by atoms with Crippen molar-refractivity contribution < 1.29 is 4.79 Å². The molecule has 4 rings (SSSR count). The van der Waals surface area contributed by atoms with Crippen molar-refractivity contribution in [1.29, 1.82) is 0 Å². The summed E-state index contributed by atoms with van der Waals surface area (Å²) in [6, 6.07) is 12.2. The van der Waals surface area contributed by atoms with Gasteiger partial charge >= 0.3 is 0 Å². The Hall–Kier alpha value is -2.04. The smallest absolute Gasteiger partial charge is 0.254 e. The van der Waals surface area contributed by atoms with Gasteiger partial charge < -0.3 is 15.5 Å². The van der Waals surface area contributed by atoms with Crippen molar-refractivity contribution in [3.63, 3.8) is 0 Å². The van der Waals surface area contributed by atoms with Gasteiger partial charge in [-0.1, -0.05) is 35.9 Å². The van der Waals surface area contributed by atoms with Crippen molar-refractivity contribution in [3.8, 4) is 0 Å². The third-order valence-corrected chi connectivity index (χ3v) is 5.75. The third kappa shape index (κ3) is 3.08. The number of halogens is 1. The molecule has 2 aromatic carbocycles. The molecule has 5 heteroatoms. The standard InChI is InChI=1S/C21H24ClN3O/c1-24(2)13-21(7-8-21)15-5-3-14(4-6-15)11-25-12-18-17(20(25)26)9-16(22)10-19(18)23/h3-6,9-10H,7-8,11-13,23H2,1-2H3. The first-order chi connectivity index (χ1) is 12.4. The van der Waals surface area contributed by atoms with Gasteiger partial charge in [0, 0.05) is 46.9 Å². The fourth-order valence-corrected chi connectivity index (χ4v) is 4.29. The number of carbonyl (C=O) groups excluding carboxylic acids is 1. The zero-order valence-corrected chi connectivity index (χ0v) is 16.0. The van der Waals surface area contributed by atoms with Gasteiger partial charge in [-0.05, 0) is 50.2 Å². The summed E-state index contributed by atoms with van der Waals surface area (Å²) < 4.78 is 0. The molecule has 2 aliphatic rings. The molecule has 0 bridgehead atoms. The topological polar surface area (TPSA) is 49.6 Å². The minimum Gasteiger partial charge on any atom is -0.398 e. The Labute approximate surface area is 159 Å². The van der Waals surface area contributed by atoms with Crippen LogP contribution in [0.5, 0.6) is 0 Å². The van der Waals surface area contributed by atoms with E-state index in [4.69, 9.17) is 17.3 Å². The second-order valence-electron chi connectivity index (χ2n) is 7.90. The second-order valence-corrected chi connectivity index (χ2v) is 8.33. The van der Waals surface area contributed by atoms with Crippen LogP contribution >= 0.6 is 11.6 Å². The SMILES string of the molecule is CN(C)CC1(c2ccc(CN3Cc4c(N)cc(Cl)cc4C3=O)cc2)CC1. The lowest BCUT2D eigenvalue weighted by Crippen LogP contribution is -2.26. The average Bonchev–Trinajstić information content (AvgIpc) is 3.29. The Bertz CT molecular complexity index is 856. The van der Waals surface area contributed by atoms with E-state index in [1.165, 1.54) is 18.4 Å². The molecule has 0 radical (unpaired) electrons. The third-order valence-electron chi connectivity index (χ3n) is 5.53. The van der Waals surface area contributed by atoms with Crippen LogP contribution in [0.15, 0.2) is 36.4 Å². The summed E-state index contributed by atoms with van der Waals surface area (Å²) in [4.78, 5) is 16.8. The van der Waals surface area contributed by atoms with Crippen molar-refractivity contribution in [2.75, 3.05) is 26.4 Å². The number of fused-ring (bicyclic) bond motifs is 1. The maximum atomic E-state index is 12.7. The van der Waals surface area contributed by atoms with Gasteiger partial charge in [0.05, 0.1) is 0 Å². The van der Waals surface area contributed by atoms with Crippen LogP contribution < -0.4 is 5.73 Å². The zero-order valence-electron chi connectivity index (χ0n) is 15.3. The number of amides is 1. The van der Waals surface area contributed by atoms with Crippen LogP contribution in [0.1, 0.15) is 39.9 Å². The highest BCUT2D eigenvalue weighted by molar-refractivity contribution is 6.31. The number of carbonyl (C=O) groups is 1. The molecule has 1 saturated carbocycles. The average molecular weight is 370 g/mol. The summed E-state index contributed by atoms with van der Waals surface area (Å²) in [7, 11) is 4.26. The molecular weight excluding hydrogens is 346 g/mol. The van der Waals surface area contributed by atoms with E-state index in [2.05, 4.69) is 43.3 Å². The summed E-state index contributed by atoms with van der Waals surface area (Å²) in [5.74, 6) is 0.00421. The number of likely N-dealkylation sites (N-methyl/N-ethyl adjacent to an activating group) is 1. The van der Waals surface area contributed by atoms with Crippen LogP contribution in [0.25, 0.3) is 0 Å². The molecule has 2 aromatic rings. The van der Waals surface area contributed by atoms with Crippen LogP contribution in [0.4, 0.5) is 5.69 Å². The summed E-state index contributed by atoms with van der Waals surface area (Å²) in [6.45, 7) is 2.22. The largest absolute Gasteiger partial charge is 0.398 e. The van der Waals surface area contributed by atoms with E-state index in [0.717, 1.165) is 17.7 Å². The number of nitrogens with two attached hydrogens (primary N) is 1. The summed E-state index contributed by atoms with van der Waals surface area (Å²) >= 11 is 6.05. The van der Waals surface area contributed by atoms with Crippen molar-refractivity contribution in [2.24, 2.45) is 0 Å². The minimum absolute atomic E-state index is 0.00421. The Morgan fingerprint density at radius 3 is 2.50 bits per heavy atom. The molecule has 2 N–H and O–H groups in total. The van der Waals surface area contributed by atoms with Crippen LogP contribution in [-0.4, -0.2) is 36.3 Å². The van der Waals surface area contributed by atoms with Gasteiger partial charge in [-0.2, -0.15) is 0 Å². The van der Waals surface area contributed by atoms with Crippen molar-refractivity contribution >= 4 is 23.2 Å². The van der Waals surface area contributed by atoms with Gasteiger partial charge in [0.15, 0.2) is 0 Å². The highest BCUT2D eigenvalue weighted by Crippen LogP contribution is 2.48. The van der Waals surface area contributed by atoms with Crippen LogP contribution in [0.2, 0.25) is 5.02 Å². The normalized spacial score (nSPS) is 17.7. The van der Waals surface area contributed by atoms with E-state index < -0.39 is 0 Å². The Balaban J connectivity index is 1.49. The van der Waals surface area contributed by atoms with E-state index in [1.807, 2.05) is 4.90 Å². The molecule has 0 unspecified atom stereocenters. The molecular formula is C21H24ClN3O. The van der Waals surface area contributed by atoms with E-state index >= 15 is 0 Å². The molecule has 136 valence electrons. The van der Waals surface area contributed by atoms with Crippen molar-refractivity contribution in [3.05, 3.63) is 63.7 Å². The number of rotatable bonds is 5. The second kappa shape index (κ2) is 6.29. The molecule has 0 saturated heterocycles.